The minimum Gasteiger partial charge on any atom is -0.460 e. The Balaban J connectivity index is 2.02. The lowest BCUT2D eigenvalue weighted by atomic mass is 9.98. The summed E-state index contributed by atoms with van der Waals surface area (Å²) in [5.41, 5.74) is 7.41. The van der Waals surface area contributed by atoms with Crippen LogP contribution in [0.4, 0.5) is 0 Å². The first kappa shape index (κ1) is 20.6. The van der Waals surface area contributed by atoms with Crippen molar-refractivity contribution in [2.24, 2.45) is 5.73 Å². The van der Waals surface area contributed by atoms with Gasteiger partial charge in [-0.3, -0.25) is 9.59 Å². The predicted octanol–water partition coefficient (Wildman–Crippen LogP) is 3.34. The van der Waals surface area contributed by atoms with E-state index < -0.39 is 11.6 Å². The molecular formula is C22H28N2O3. The van der Waals surface area contributed by atoms with Crippen molar-refractivity contribution in [2.45, 2.75) is 51.3 Å². The summed E-state index contributed by atoms with van der Waals surface area (Å²) in [5.74, 6) is -0.648. The largest absolute Gasteiger partial charge is 0.460 e. The van der Waals surface area contributed by atoms with Gasteiger partial charge in [0.15, 0.2) is 0 Å². The first-order valence-corrected chi connectivity index (χ1v) is 9.14. The second-order valence-corrected chi connectivity index (χ2v) is 7.49. The maximum atomic E-state index is 12.6. The van der Waals surface area contributed by atoms with Gasteiger partial charge in [0.1, 0.15) is 5.60 Å². The van der Waals surface area contributed by atoms with E-state index >= 15 is 0 Å². The molecule has 27 heavy (non-hydrogen) atoms. The molecule has 0 aliphatic carbocycles. The number of ether oxygens (including phenoxy) is 1. The second kappa shape index (κ2) is 9.33. The molecule has 2 aromatic carbocycles. The molecule has 5 heteroatoms. The molecule has 0 spiro atoms. The van der Waals surface area contributed by atoms with Crippen LogP contribution in [0.15, 0.2) is 60.7 Å². The Morgan fingerprint density at radius 2 is 1.44 bits per heavy atom. The van der Waals surface area contributed by atoms with Crippen molar-refractivity contribution < 1.29 is 14.3 Å². The Morgan fingerprint density at radius 1 is 0.963 bits per heavy atom. The zero-order valence-corrected chi connectivity index (χ0v) is 16.1. The van der Waals surface area contributed by atoms with Crippen molar-refractivity contribution >= 4 is 11.9 Å². The molecule has 0 aliphatic rings. The monoisotopic (exact) mass is 368 g/mol. The molecule has 0 bridgehead atoms. The topological polar surface area (TPSA) is 81.4 Å². The van der Waals surface area contributed by atoms with Crippen LogP contribution >= 0.6 is 0 Å². The number of rotatable bonds is 7. The molecule has 5 nitrogen and oxygen atoms in total. The number of carbonyl (C=O) groups excluding carboxylic acids is 2. The van der Waals surface area contributed by atoms with Crippen LogP contribution in [0.5, 0.6) is 0 Å². The molecule has 1 amide bonds. The molecule has 0 aliphatic heterocycles. The lowest BCUT2D eigenvalue weighted by Gasteiger charge is -2.23. The third-order valence-corrected chi connectivity index (χ3v) is 3.97. The fourth-order valence-corrected chi connectivity index (χ4v) is 2.70. The third kappa shape index (κ3) is 6.87. The standard InChI is InChI=1S/C22H28N2O3/c1-22(2,3)27-19(25)15-14-18(23)21(26)24-20(16-10-6-4-7-11-16)17-12-8-5-9-13-17/h4-13,18,20H,14-15,23H2,1-3H3,(H,24,26). The summed E-state index contributed by atoms with van der Waals surface area (Å²) in [6, 6.07) is 18.3. The van der Waals surface area contributed by atoms with Crippen molar-refractivity contribution in [1.29, 1.82) is 0 Å². The summed E-state index contributed by atoms with van der Waals surface area (Å²) in [4.78, 5) is 24.5. The van der Waals surface area contributed by atoms with Crippen molar-refractivity contribution in [2.75, 3.05) is 0 Å². The first-order chi connectivity index (χ1) is 12.8. The molecule has 0 radical (unpaired) electrons. The van der Waals surface area contributed by atoms with E-state index in [1.54, 1.807) is 0 Å². The van der Waals surface area contributed by atoms with Crippen LogP contribution in [-0.4, -0.2) is 23.5 Å². The van der Waals surface area contributed by atoms with Gasteiger partial charge in [0, 0.05) is 6.42 Å². The van der Waals surface area contributed by atoms with Gasteiger partial charge in [0.05, 0.1) is 12.1 Å². The van der Waals surface area contributed by atoms with Crippen LogP contribution in [0, 0.1) is 0 Å². The van der Waals surface area contributed by atoms with Gasteiger partial charge in [-0.15, -0.1) is 0 Å². The van der Waals surface area contributed by atoms with E-state index in [1.165, 1.54) is 0 Å². The first-order valence-electron chi connectivity index (χ1n) is 9.14. The lowest BCUT2D eigenvalue weighted by Crippen LogP contribution is -2.43. The molecule has 2 aromatic rings. The van der Waals surface area contributed by atoms with E-state index in [0.29, 0.717) is 0 Å². The molecule has 3 N–H and O–H groups in total. The number of hydrogen-bond acceptors (Lipinski definition) is 4. The third-order valence-electron chi connectivity index (χ3n) is 3.97. The fraction of sp³-hybridized carbons (Fsp3) is 0.364. The number of nitrogens with two attached hydrogens (primary N) is 1. The number of benzene rings is 2. The SMILES string of the molecule is CC(C)(C)OC(=O)CCC(N)C(=O)NC(c1ccccc1)c1ccccc1. The van der Waals surface area contributed by atoms with E-state index in [4.69, 9.17) is 10.5 Å². The number of carbonyl (C=O) groups is 2. The van der Waals surface area contributed by atoms with Gasteiger partial charge in [0.2, 0.25) is 5.91 Å². The zero-order valence-electron chi connectivity index (χ0n) is 16.1. The Morgan fingerprint density at radius 3 is 1.89 bits per heavy atom. The van der Waals surface area contributed by atoms with Crippen molar-refractivity contribution in [3.8, 4) is 0 Å². The van der Waals surface area contributed by atoms with Gasteiger partial charge in [-0.1, -0.05) is 60.7 Å². The number of hydrogen-bond donors (Lipinski definition) is 2. The molecule has 0 saturated heterocycles. The van der Waals surface area contributed by atoms with Gasteiger partial charge < -0.3 is 15.8 Å². The Kier molecular flexibility index (Phi) is 7.13. The van der Waals surface area contributed by atoms with Gasteiger partial charge >= 0.3 is 5.97 Å². The van der Waals surface area contributed by atoms with Gasteiger partial charge in [-0.05, 0) is 38.3 Å². The van der Waals surface area contributed by atoms with Gasteiger partial charge in [0.25, 0.3) is 0 Å². The molecule has 1 unspecified atom stereocenters. The molecule has 0 fully saturated rings. The van der Waals surface area contributed by atoms with E-state index in [9.17, 15) is 9.59 Å². The average Bonchev–Trinajstić information content (AvgIpc) is 2.64. The smallest absolute Gasteiger partial charge is 0.306 e. The minimum atomic E-state index is -0.785. The van der Waals surface area contributed by atoms with Crippen LogP contribution in [0.3, 0.4) is 0 Å². The summed E-state index contributed by atoms with van der Waals surface area (Å²) in [6.07, 6.45) is 0.338. The van der Waals surface area contributed by atoms with Crippen molar-refractivity contribution in [3.63, 3.8) is 0 Å². The summed E-state index contributed by atoms with van der Waals surface area (Å²) in [7, 11) is 0. The van der Waals surface area contributed by atoms with Crippen LogP contribution < -0.4 is 11.1 Å². The molecule has 0 heterocycles. The van der Waals surface area contributed by atoms with Gasteiger partial charge in [-0.25, -0.2) is 0 Å². The summed E-state index contributed by atoms with van der Waals surface area (Å²) in [6.45, 7) is 5.42. The zero-order chi connectivity index (χ0) is 19.9. The van der Waals surface area contributed by atoms with E-state index in [2.05, 4.69) is 5.32 Å². The number of esters is 1. The van der Waals surface area contributed by atoms with E-state index in [1.807, 2.05) is 81.4 Å². The highest BCUT2D eigenvalue weighted by Crippen LogP contribution is 2.22. The van der Waals surface area contributed by atoms with Crippen LogP contribution in [0.1, 0.15) is 50.8 Å². The average molecular weight is 368 g/mol. The maximum Gasteiger partial charge on any atom is 0.306 e. The summed E-state index contributed by atoms with van der Waals surface area (Å²) < 4.78 is 5.26. The van der Waals surface area contributed by atoms with Crippen LogP contribution in [-0.2, 0) is 14.3 Å². The Hall–Kier alpha value is -2.66. The molecule has 2 rings (SSSR count). The number of amides is 1. The maximum absolute atomic E-state index is 12.6. The summed E-state index contributed by atoms with van der Waals surface area (Å²) >= 11 is 0. The minimum absolute atomic E-state index is 0.104. The van der Waals surface area contributed by atoms with Gasteiger partial charge in [-0.2, -0.15) is 0 Å². The van der Waals surface area contributed by atoms with Crippen LogP contribution in [0.25, 0.3) is 0 Å². The fourth-order valence-electron chi connectivity index (χ4n) is 2.70. The highest BCUT2D eigenvalue weighted by Gasteiger charge is 2.23. The highest BCUT2D eigenvalue weighted by molar-refractivity contribution is 5.83. The van der Waals surface area contributed by atoms with Crippen molar-refractivity contribution in [3.05, 3.63) is 71.8 Å². The predicted molar refractivity (Wildman–Crippen MR) is 106 cm³/mol. The van der Waals surface area contributed by atoms with E-state index in [-0.39, 0.29) is 30.8 Å². The van der Waals surface area contributed by atoms with Crippen molar-refractivity contribution in [1.82, 2.24) is 5.32 Å². The Labute approximate surface area is 160 Å². The molecule has 0 saturated carbocycles. The second-order valence-electron chi connectivity index (χ2n) is 7.49. The van der Waals surface area contributed by atoms with E-state index in [0.717, 1.165) is 11.1 Å². The molecular weight excluding hydrogens is 340 g/mol. The number of nitrogens with one attached hydrogen (secondary N) is 1. The Bertz CT molecular complexity index is 700. The van der Waals surface area contributed by atoms with Crippen LogP contribution in [0.2, 0.25) is 0 Å². The molecule has 144 valence electrons. The molecule has 1 atom stereocenters. The highest BCUT2D eigenvalue weighted by atomic mass is 16.6. The lowest BCUT2D eigenvalue weighted by molar-refractivity contribution is -0.155. The molecule has 0 aromatic heterocycles. The normalized spacial score (nSPS) is 12.5. The quantitative estimate of drug-likeness (QED) is 0.735. The summed E-state index contributed by atoms with van der Waals surface area (Å²) in [5, 5.41) is 3.01.